The summed E-state index contributed by atoms with van der Waals surface area (Å²) in [6.07, 6.45) is 3.28. The van der Waals surface area contributed by atoms with Crippen LogP contribution in [0.3, 0.4) is 0 Å². The average molecular weight is 567 g/mol. The standard InChI is InChI=1S/C28H31ClN6O5/c1-16(26(37)33-23(15-36)22-4-3-5-24(32-22)39-2)35-14-18-7-6-17(12-20(18)27(35)38)25-21(29)13-30-28(34-25)31-19-8-10-40-11-9-19/h3-7,12-13,16,19,23,36H,8-11,14-15H2,1-2H3,(H,33,37)(H,30,31,34)/t16-,23-/m1/s1. The molecule has 0 saturated carbocycles. The number of pyridine rings is 1. The van der Waals surface area contributed by atoms with Gasteiger partial charge < -0.3 is 30.1 Å². The lowest BCUT2D eigenvalue weighted by Gasteiger charge is -2.25. The fourth-order valence-electron chi connectivity index (χ4n) is 4.83. The molecular weight excluding hydrogens is 536 g/mol. The molecule has 5 rings (SSSR count). The molecule has 40 heavy (non-hydrogen) atoms. The molecule has 1 fully saturated rings. The van der Waals surface area contributed by atoms with Gasteiger partial charge in [0.15, 0.2) is 0 Å². The van der Waals surface area contributed by atoms with Crippen molar-refractivity contribution in [3.05, 3.63) is 64.4 Å². The van der Waals surface area contributed by atoms with Crippen LogP contribution >= 0.6 is 11.6 Å². The summed E-state index contributed by atoms with van der Waals surface area (Å²) in [5.74, 6) is 0.154. The Hall–Kier alpha value is -3.80. The van der Waals surface area contributed by atoms with Crippen LogP contribution in [0, 0.1) is 0 Å². The Balaban J connectivity index is 1.30. The van der Waals surface area contributed by atoms with E-state index in [-0.39, 0.29) is 25.1 Å². The molecule has 4 heterocycles. The normalized spacial score (nSPS) is 16.8. The van der Waals surface area contributed by atoms with Crippen molar-refractivity contribution < 1.29 is 24.2 Å². The Morgan fingerprint density at radius 3 is 2.80 bits per heavy atom. The second-order valence-electron chi connectivity index (χ2n) is 9.75. The SMILES string of the molecule is COc1cccc([C@@H](CO)NC(=O)[C@@H](C)N2Cc3ccc(-c4nc(NC5CCOCC5)ncc4Cl)cc3C2=O)n1. The lowest BCUT2D eigenvalue weighted by Crippen LogP contribution is -2.46. The summed E-state index contributed by atoms with van der Waals surface area (Å²) in [6, 6.07) is 9.25. The number of anilines is 1. The molecule has 0 unspecified atom stereocenters. The highest BCUT2D eigenvalue weighted by atomic mass is 35.5. The molecule has 0 bridgehead atoms. The second kappa shape index (κ2) is 12.2. The minimum absolute atomic E-state index is 0.218. The Bertz CT molecular complexity index is 1400. The number of methoxy groups -OCH3 is 1. The van der Waals surface area contributed by atoms with E-state index < -0.39 is 18.0 Å². The zero-order valence-corrected chi connectivity index (χ0v) is 23.0. The molecule has 2 aliphatic heterocycles. The lowest BCUT2D eigenvalue weighted by molar-refractivity contribution is -0.126. The van der Waals surface area contributed by atoms with Crippen molar-refractivity contribution in [3.63, 3.8) is 0 Å². The number of rotatable bonds is 9. The molecule has 0 spiro atoms. The molecule has 2 atom stereocenters. The maximum Gasteiger partial charge on any atom is 0.255 e. The highest BCUT2D eigenvalue weighted by Crippen LogP contribution is 2.32. The van der Waals surface area contributed by atoms with Crippen LogP contribution in [0.4, 0.5) is 5.95 Å². The molecule has 2 aliphatic rings. The number of carbonyl (C=O) groups is 2. The molecule has 0 aliphatic carbocycles. The summed E-state index contributed by atoms with van der Waals surface area (Å²) in [6.45, 7) is 2.95. The van der Waals surface area contributed by atoms with Crippen LogP contribution in [0.1, 0.15) is 47.4 Å². The van der Waals surface area contributed by atoms with Crippen molar-refractivity contribution in [1.29, 1.82) is 0 Å². The summed E-state index contributed by atoms with van der Waals surface area (Å²) < 4.78 is 10.6. The van der Waals surface area contributed by atoms with Gasteiger partial charge in [0.1, 0.15) is 6.04 Å². The lowest BCUT2D eigenvalue weighted by atomic mass is 10.0. The molecular formula is C28H31ClN6O5. The van der Waals surface area contributed by atoms with Crippen molar-refractivity contribution in [2.24, 2.45) is 0 Å². The summed E-state index contributed by atoms with van der Waals surface area (Å²) in [7, 11) is 1.49. The summed E-state index contributed by atoms with van der Waals surface area (Å²) in [5, 5.41) is 16.4. The van der Waals surface area contributed by atoms with Gasteiger partial charge in [-0.15, -0.1) is 0 Å². The van der Waals surface area contributed by atoms with Gasteiger partial charge in [-0.3, -0.25) is 9.59 Å². The first kappa shape index (κ1) is 27.8. The van der Waals surface area contributed by atoms with Crippen LogP contribution in [0.15, 0.2) is 42.6 Å². The van der Waals surface area contributed by atoms with Gasteiger partial charge in [-0.05, 0) is 37.5 Å². The number of aliphatic hydroxyl groups is 1. The molecule has 1 saturated heterocycles. The van der Waals surface area contributed by atoms with E-state index in [9.17, 15) is 14.7 Å². The van der Waals surface area contributed by atoms with Crippen LogP contribution in [0.5, 0.6) is 5.88 Å². The van der Waals surface area contributed by atoms with E-state index in [1.54, 1.807) is 37.4 Å². The van der Waals surface area contributed by atoms with E-state index in [2.05, 4.69) is 25.6 Å². The number of carbonyl (C=O) groups excluding carboxylic acids is 2. The summed E-state index contributed by atoms with van der Waals surface area (Å²) in [5.41, 5.74) is 2.93. The van der Waals surface area contributed by atoms with Gasteiger partial charge in [0, 0.05) is 43.0 Å². The number of ether oxygens (including phenoxy) is 2. The Morgan fingerprint density at radius 2 is 2.05 bits per heavy atom. The fourth-order valence-corrected chi connectivity index (χ4v) is 5.03. The number of hydrogen-bond acceptors (Lipinski definition) is 9. The molecule has 2 aromatic heterocycles. The second-order valence-corrected chi connectivity index (χ2v) is 10.2. The highest BCUT2D eigenvalue weighted by molar-refractivity contribution is 6.33. The molecule has 3 N–H and O–H groups in total. The third kappa shape index (κ3) is 5.86. The van der Waals surface area contributed by atoms with Gasteiger partial charge in [-0.1, -0.05) is 29.8 Å². The smallest absolute Gasteiger partial charge is 0.255 e. The van der Waals surface area contributed by atoms with Crippen molar-refractivity contribution in [2.45, 2.75) is 44.4 Å². The van der Waals surface area contributed by atoms with Crippen LogP contribution in [0.2, 0.25) is 5.02 Å². The maximum atomic E-state index is 13.4. The van der Waals surface area contributed by atoms with Crippen LogP contribution in [0.25, 0.3) is 11.3 Å². The van der Waals surface area contributed by atoms with Crippen LogP contribution in [-0.2, 0) is 16.1 Å². The van der Waals surface area contributed by atoms with Crippen LogP contribution < -0.4 is 15.4 Å². The number of fused-ring (bicyclic) bond motifs is 1. The molecule has 12 heteroatoms. The molecule has 210 valence electrons. The van der Waals surface area contributed by atoms with E-state index in [1.165, 1.54) is 12.0 Å². The number of benzene rings is 1. The quantitative estimate of drug-likeness (QED) is 0.357. The predicted molar refractivity (Wildman–Crippen MR) is 148 cm³/mol. The minimum atomic E-state index is -0.791. The maximum absolute atomic E-state index is 13.4. The first-order valence-electron chi connectivity index (χ1n) is 13.1. The number of halogens is 1. The molecule has 11 nitrogen and oxygen atoms in total. The third-order valence-electron chi connectivity index (χ3n) is 7.17. The average Bonchev–Trinajstić information content (AvgIpc) is 3.32. The number of aromatic nitrogens is 3. The van der Waals surface area contributed by atoms with Gasteiger partial charge in [0.05, 0.1) is 42.4 Å². The topological polar surface area (TPSA) is 139 Å². The Kier molecular flexibility index (Phi) is 8.43. The number of aliphatic hydroxyl groups excluding tert-OH is 1. The third-order valence-corrected chi connectivity index (χ3v) is 7.45. The van der Waals surface area contributed by atoms with Gasteiger partial charge in [0.25, 0.3) is 5.91 Å². The van der Waals surface area contributed by atoms with Gasteiger partial charge in [0.2, 0.25) is 17.7 Å². The largest absolute Gasteiger partial charge is 0.481 e. The molecule has 0 radical (unpaired) electrons. The first-order chi connectivity index (χ1) is 19.4. The molecule has 1 aromatic carbocycles. The number of nitrogens with one attached hydrogen (secondary N) is 2. The van der Waals surface area contributed by atoms with Crippen LogP contribution in [-0.4, -0.2) is 75.8 Å². The predicted octanol–water partition coefficient (Wildman–Crippen LogP) is 2.99. The first-order valence-corrected chi connectivity index (χ1v) is 13.5. The molecule has 3 aromatic rings. The van der Waals surface area contributed by atoms with Gasteiger partial charge in [-0.2, -0.15) is 0 Å². The van der Waals surface area contributed by atoms with Crippen molar-refractivity contribution in [2.75, 3.05) is 32.2 Å². The van der Waals surface area contributed by atoms with Gasteiger partial charge >= 0.3 is 0 Å². The molecule has 2 amide bonds. The van der Waals surface area contributed by atoms with E-state index in [1.807, 2.05) is 12.1 Å². The van der Waals surface area contributed by atoms with Crippen molar-refractivity contribution >= 4 is 29.4 Å². The van der Waals surface area contributed by atoms with Gasteiger partial charge in [-0.25, -0.2) is 15.0 Å². The van der Waals surface area contributed by atoms with E-state index >= 15 is 0 Å². The highest BCUT2D eigenvalue weighted by Gasteiger charge is 2.35. The Morgan fingerprint density at radius 1 is 1.25 bits per heavy atom. The zero-order chi connectivity index (χ0) is 28.2. The summed E-state index contributed by atoms with van der Waals surface area (Å²) >= 11 is 6.46. The number of amides is 2. The van der Waals surface area contributed by atoms with E-state index in [0.29, 0.717) is 52.6 Å². The van der Waals surface area contributed by atoms with Crippen molar-refractivity contribution in [3.8, 4) is 17.1 Å². The Labute approximate surface area is 236 Å². The number of hydrogen-bond donors (Lipinski definition) is 3. The fraction of sp³-hybridized carbons (Fsp3) is 0.393. The monoisotopic (exact) mass is 566 g/mol. The summed E-state index contributed by atoms with van der Waals surface area (Å²) in [4.78, 5) is 41.3. The van der Waals surface area contributed by atoms with E-state index in [4.69, 9.17) is 21.1 Å². The number of nitrogens with zero attached hydrogens (tertiary/aromatic N) is 4. The zero-order valence-electron chi connectivity index (χ0n) is 22.3. The van der Waals surface area contributed by atoms with Crippen molar-refractivity contribution in [1.82, 2.24) is 25.2 Å². The van der Waals surface area contributed by atoms with E-state index in [0.717, 1.165) is 18.4 Å². The minimum Gasteiger partial charge on any atom is -0.481 e.